The van der Waals surface area contributed by atoms with Gasteiger partial charge in [0.2, 0.25) is 11.8 Å². The van der Waals surface area contributed by atoms with Gasteiger partial charge in [0.1, 0.15) is 18.2 Å². The van der Waals surface area contributed by atoms with E-state index < -0.39 is 0 Å². The van der Waals surface area contributed by atoms with E-state index in [1.807, 2.05) is 24.4 Å². The summed E-state index contributed by atoms with van der Waals surface area (Å²) in [6.07, 6.45) is 2.28. The summed E-state index contributed by atoms with van der Waals surface area (Å²) in [6, 6.07) is 15.2. The highest BCUT2D eigenvalue weighted by molar-refractivity contribution is 5.99. The first kappa shape index (κ1) is 29.0. The Balaban J connectivity index is 1.00. The number of hydrogen-bond acceptors (Lipinski definition) is 8. The van der Waals surface area contributed by atoms with E-state index in [1.54, 1.807) is 24.3 Å². The van der Waals surface area contributed by atoms with E-state index in [-0.39, 0.29) is 11.8 Å². The highest BCUT2D eigenvalue weighted by Crippen LogP contribution is 2.31. The van der Waals surface area contributed by atoms with Crippen molar-refractivity contribution in [2.24, 2.45) is 0 Å². The van der Waals surface area contributed by atoms with E-state index in [2.05, 4.69) is 33.9 Å². The predicted molar refractivity (Wildman–Crippen MR) is 154 cm³/mol. The van der Waals surface area contributed by atoms with Crippen LogP contribution in [0.2, 0.25) is 0 Å². The molecular weight excluding hydrogens is 512 g/mol. The average Bonchev–Trinajstić information content (AvgIpc) is 3.31. The summed E-state index contributed by atoms with van der Waals surface area (Å²) < 4.78 is 22.3. The van der Waals surface area contributed by atoms with E-state index in [0.29, 0.717) is 59.2 Å². The van der Waals surface area contributed by atoms with Gasteiger partial charge in [0.15, 0.2) is 0 Å². The predicted octanol–water partition coefficient (Wildman–Crippen LogP) is 4.05. The van der Waals surface area contributed by atoms with Crippen molar-refractivity contribution in [2.45, 2.75) is 20.3 Å². The van der Waals surface area contributed by atoms with Crippen molar-refractivity contribution in [3.8, 4) is 16.9 Å². The molecule has 10 heteroatoms. The Kier molecular flexibility index (Phi) is 10.9. The van der Waals surface area contributed by atoms with Crippen LogP contribution in [0.5, 0.6) is 5.75 Å². The zero-order valence-electron chi connectivity index (χ0n) is 23.0. The quantitative estimate of drug-likeness (QED) is 0.229. The number of rotatable bonds is 16. The van der Waals surface area contributed by atoms with Crippen LogP contribution in [-0.2, 0) is 30.2 Å². The fourth-order valence-electron chi connectivity index (χ4n) is 4.20. The maximum Gasteiger partial charge on any atom is 0.228 e. The molecule has 3 aromatic rings. The van der Waals surface area contributed by atoms with Crippen molar-refractivity contribution in [3.05, 3.63) is 65.9 Å². The average molecular weight is 549 g/mol. The van der Waals surface area contributed by atoms with Crippen molar-refractivity contribution >= 4 is 29.0 Å². The maximum atomic E-state index is 11.6. The first-order valence-electron chi connectivity index (χ1n) is 13.4. The van der Waals surface area contributed by atoms with Crippen molar-refractivity contribution < 1.29 is 28.5 Å². The van der Waals surface area contributed by atoms with Crippen LogP contribution >= 0.6 is 0 Å². The first-order valence-corrected chi connectivity index (χ1v) is 13.4. The van der Waals surface area contributed by atoms with E-state index in [4.69, 9.17) is 18.9 Å². The second kappa shape index (κ2) is 15.0. The Morgan fingerprint density at radius 1 is 0.925 bits per heavy atom. The summed E-state index contributed by atoms with van der Waals surface area (Å²) in [7, 11) is 0. The first-order chi connectivity index (χ1) is 19.5. The Labute approximate surface area is 234 Å². The minimum Gasteiger partial charge on any atom is -0.491 e. The molecule has 212 valence electrons. The molecule has 0 fully saturated rings. The van der Waals surface area contributed by atoms with Gasteiger partial charge in [0.25, 0.3) is 0 Å². The molecule has 1 aliphatic heterocycles. The molecule has 0 bridgehead atoms. The van der Waals surface area contributed by atoms with Gasteiger partial charge in [-0.1, -0.05) is 6.07 Å². The molecule has 1 aromatic heterocycles. The van der Waals surface area contributed by atoms with Gasteiger partial charge < -0.3 is 34.9 Å². The second-order valence-electron chi connectivity index (χ2n) is 9.30. The summed E-state index contributed by atoms with van der Waals surface area (Å²) in [4.78, 5) is 27.2. The van der Waals surface area contributed by atoms with Gasteiger partial charge in [-0.15, -0.1) is 0 Å². The summed E-state index contributed by atoms with van der Waals surface area (Å²) in [5, 5.41) is 8.86. The van der Waals surface area contributed by atoms with E-state index >= 15 is 0 Å². The van der Waals surface area contributed by atoms with E-state index in [1.165, 1.54) is 6.92 Å². The number of hydrogen-bond donors (Lipinski definition) is 3. The molecule has 2 amide bonds. The molecule has 2 aromatic carbocycles. The molecule has 0 saturated carbocycles. The number of carbonyl (C=O) groups excluding carboxylic acids is 2. The van der Waals surface area contributed by atoms with Crippen molar-refractivity contribution in [1.82, 2.24) is 4.98 Å². The summed E-state index contributed by atoms with van der Waals surface area (Å²) in [5.74, 6) is 1.44. The van der Waals surface area contributed by atoms with Gasteiger partial charge in [-0.05, 0) is 66.1 Å². The van der Waals surface area contributed by atoms with Crippen molar-refractivity contribution in [1.29, 1.82) is 0 Å². The number of aryl methyl sites for hydroxylation is 1. The van der Waals surface area contributed by atoms with Crippen molar-refractivity contribution in [3.63, 3.8) is 0 Å². The largest absolute Gasteiger partial charge is 0.491 e. The lowest BCUT2D eigenvalue weighted by molar-refractivity contribution is -0.115. The molecule has 40 heavy (non-hydrogen) atoms. The molecular formula is C30H36N4O6. The smallest absolute Gasteiger partial charge is 0.228 e. The lowest BCUT2D eigenvalue weighted by Gasteiger charge is -2.11. The SMILES string of the molecule is CC(=O)Nc1ccc(OCCOCCOCCOCCNc2cc(C)c(-c3ccc4c(c3)CC(=O)N4)cn2)cc1. The number of pyridine rings is 1. The molecule has 3 N–H and O–H groups in total. The van der Waals surface area contributed by atoms with Gasteiger partial charge in [0.05, 0.1) is 46.1 Å². The molecule has 0 aliphatic carbocycles. The molecule has 0 spiro atoms. The Bertz CT molecular complexity index is 1280. The fraction of sp³-hybridized carbons (Fsp3) is 0.367. The highest BCUT2D eigenvalue weighted by Gasteiger charge is 2.18. The number of benzene rings is 2. The Morgan fingerprint density at radius 3 is 2.33 bits per heavy atom. The topological polar surface area (TPSA) is 120 Å². The van der Waals surface area contributed by atoms with Crippen LogP contribution in [-0.4, -0.2) is 69.6 Å². The minimum absolute atomic E-state index is 0.0343. The highest BCUT2D eigenvalue weighted by atomic mass is 16.6. The fourth-order valence-corrected chi connectivity index (χ4v) is 4.20. The van der Waals surface area contributed by atoms with Gasteiger partial charge in [0, 0.05) is 36.6 Å². The van der Waals surface area contributed by atoms with Crippen LogP contribution in [0.4, 0.5) is 17.2 Å². The van der Waals surface area contributed by atoms with Crippen molar-refractivity contribution in [2.75, 3.05) is 68.7 Å². The van der Waals surface area contributed by atoms with Crippen LogP contribution in [0.1, 0.15) is 18.1 Å². The van der Waals surface area contributed by atoms with Crippen LogP contribution in [0.3, 0.4) is 0 Å². The molecule has 0 atom stereocenters. The Morgan fingerprint density at radius 2 is 1.62 bits per heavy atom. The third-order valence-electron chi connectivity index (χ3n) is 6.12. The summed E-state index contributed by atoms with van der Waals surface area (Å²) in [5.41, 5.74) is 5.86. The van der Waals surface area contributed by atoms with Crippen LogP contribution in [0, 0.1) is 6.92 Å². The Hall–Kier alpha value is -3.99. The molecule has 2 heterocycles. The number of amides is 2. The maximum absolute atomic E-state index is 11.6. The van der Waals surface area contributed by atoms with Gasteiger partial charge in [-0.25, -0.2) is 4.98 Å². The third kappa shape index (κ3) is 9.04. The number of aromatic nitrogens is 1. The van der Waals surface area contributed by atoms with E-state index in [0.717, 1.165) is 45.2 Å². The van der Waals surface area contributed by atoms with Crippen LogP contribution in [0.25, 0.3) is 11.1 Å². The van der Waals surface area contributed by atoms with Gasteiger partial charge in [-0.3, -0.25) is 9.59 Å². The monoisotopic (exact) mass is 548 g/mol. The lowest BCUT2D eigenvalue weighted by atomic mass is 9.99. The van der Waals surface area contributed by atoms with Gasteiger partial charge in [-0.2, -0.15) is 0 Å². The molecule has 4 rings (SSSR count). The zero-order chi connectivity index (χ0) is 28.2. The molecule has 10 nitrogen and oxygen atoms in total. The van der Waals surface area contributed by atoms with Crippen LogP contribution < -0.4 is 20.7 Å². The molecule has 1 aliphatic rings. The lowest BCUT2D eigenvalue weighted by Crippen LogP contribution is -2.15. The minimum atomic E-state index is -0.107. The number of ether oxygens (including phenoxy) is 4. The summed E-state index contributed by atoms with van der Waals surface area (Å²) >= 11 is 0. The number of fused-ring (bicyclic) bond motifs is 1. The number of carbonyl (C=O) groups is 2. The molecule has 0 unspecified atom stereocenters. The molecule has 0 saturated heterocycles. The van der Waals surface area contributed by atoms with Crippen LogP contribution in [0.15, 0.2) is 54.7 Å². The summed E-state index contributed by atoms with van der Waals surface area (Å²) in [6.45, 7) is 7.55. The standard InChI is InChI=1S/C30H36N4O6/c1-21-17-29(32-20-27(21)23-3-8-28-24(18-23)19-30(36)34-28)31-9-10-37-11-12-38-13-14-39-15-16-40-26-6-4-25(5-7-26)33-22(2)35/h3-8,17-18,20H,9-16,19H2,1-2H3,(H,31,32)(H,33,35)(H,34,36). The van der Waals surface area contributed by atoms with E-state index in [9.17, 15) is 9.59 Å². The number of nitrogens with one attached hydrogen (secondary N) is 3. The number of nitrogens with zero attached hydrogens (tertiary/aromatic N) is 1. The second-order valence-corrected chi connectivity index (χ2v) is 9.30. The molecule has 0 radical (unpaired) electrons. The third-order valence-corrected chi connectivity index (χ3v) is 6.12. The normalized spacial score (nSPS) is 12.1. The zero-order valence-corrected chi connectivity index (χ0v) is 23.0. The van der Waals surface area contributed by atoms with Gasteiger partial charge >= 0.3 is 0 Å². The number of anilines is 3.